The minimum Gasteiger partial charge on any atom is -0.383 e. The van der Waals surface area contributed by atoms with Gasteiger partial charge in [0, 0.05) is 16.6 Å². The summed E-state index contributed by atoms with van der Waals surface area (Å²) in [5, 5.41) is 15.6. The molecule has 3 atom stereocenters. The standard InChI is InChI=1S/C14H20Cl3N7O/c1-20-14(21-5-6-2-3-7(15)4-8(6)16)24-13(25)9-11(18)23-12(19)10(17)22-9/h2-4,9,11,14,20-23H,5,18-19H2,1H3,(H,24,25). The molecule has 1 aromatic carbocycles. The molecule has 0 bridgehead atoms. The molecule has 0 saturated heterocycles. The van der Waals surface area contributed by atoms with Crippen LogP contribution in [0.2, 0.25) is 10.0 Å². The van der Waals surface area contributed by atoms with Gasteiger partial charge in [0.15, 0.2) is 0 Å². The van der Waals surface area contributed by atoms with Crippen molar-refractivity contribution in [1.29, 1.82) is 0 Å². The van der Waals surface area contributed by atoms with Crippen LogP contribution in [0.4, 0.5) is 0 Å². The molecule has 8 nitrogen and oxygen atoms in total. The van der Waals surface area contributed by atoms with Crippen LogP contribution >= 0.6 is 34.8 Å². The maximum absolute atomic E-state index is 12.4. The van der Waals surface area contributed by atoms with Crippen LogP contribution in [0.3, 0.4) is 0 Å². The summed E-state index contributed by atoms with van der Waals surface area (Å²) in [4.78, 5) is 12.4. The van der Waals surface area contributed by atoms with Crippen molar-refractivity contribution in [3.63, 3.8) is 0 Å². The van der Waals surface area contributed by atoms with Gasteiger partial charge in [-0.05, 0) is 24.7 Å². The maximum Gasteiger partial charge on any atom is 0.248 e. The van der Waals surface area contributed by atoms with E-state index in [4.69, 9.17) is 46.3 Å². The number of benzene rings is 1. The number of halogens is 3. The fourth-order valence-electron chi connectivity index (χ4n) is 2.19. The van der Waals surface area contributed by atoms with Gasteiger partial charge in [-0.15, -0.1) is 0 Å². The van der Waals surface area contributed by atoms with Crippen molar-refractivity contribution in [2.45, 2.75) is 25.0 Å². The quantitative estimate of drug-likeness (QED) is 0.258. The molecule has 0 spiro atoms. The van der Waals surface area contributed by atoms with Crippen molar-refractivity contribution in [3.8, 4) is 0 Å². The molecule has 1 aromatic rings. The van der Waals surface area contributed by atoms with Gasteiger partial charge in [0.2, 0.25) is 5.91 Å². The van der Waals surface area contributed by atoms with Crippen LogP contribution in [0.15, 0.2) is 29.2 Å². The number of carbonyl (C=O) groups excluding carboxylic acids is 1. The number of hydrogen-bond donors (Lipinski definition) is 7. The molecule has 1 aliphatic rings. The molecule has 1 aliphatic heterocycles. The van der Waals surface area contributed by atoms with Crippen molar-refractivity contribution in [1.82, 2.24) is 26.6 Å². The highest BCUT2D eigenvalue weighted by Crippen LogP contribution is 2.20. The second-order valence-corrected chi connectivity index (χ2v) is 6.59. The summed E-state index contributed by atoms with van der Waals surface area (Å²) < 4.78 is 0. The van der Waals surface area contributed by atoms with E-state index in [1.165, 1.54) is 0 Å². The molecule has 9 N–H and O–H groups in total. The van der Waals surface area contributed by atoms with Gasteiger partial charge in [0.05, 0.1) is 0 Å². The summed E-state index contributed by atoms with van der Waals surface area (Å²) in [6.07, 6.45) is -1.24. The Bertz CT molecular complexity index is 670. The van der Waals surface area contributed by atoms with Crippen molar-refractivity contribution in [2.75, 3.05) is 7.05 Å². The number of hydrogen-bond acceptors (Lipinski definition) is 7. The number of nitrogens with one attached hydrogen (secondary N) is 5. The molecule has 0 aromatic heterocycles. The first-order chi connectivity index (χ1) is 11.8. The molecule has 0 aliphatic carbocycles. The maximum atomic E-state index is 12.4. The molecule has 25 heavy (non-hydrogen) atoms. The average Bonchev–Trinajstić information content (AvgIpc) is 2.55. The Hall–Kier alpha value is -1.42. The summed E-state index contributed by atoms with van der Waals surface area (Å²) in [7, 11) is 1.69. The van der Waals surface area contributed by atoms with Crippen LogP contribution in [0, 0.1) is 0 Å². The number of carbonyl (C=O) groups is 1. The zero-order valence-corrected chi connectivity index (χ0v) is 15.6. The smallest absolute Gasteiger partial charge is 0.248 e. The van der Waals surface area contributed by atoms with Crippen molar-refractivity contribution in [3.05, 3.63) is 44.8 Å². The lowest BCUT2D eigenvalue weighted by molar-refractivity contribution is -0.124. The van der Waals surface area contributed by atoms with Crippen molar-refractivity contribution >= 4 is 40.7 Å². The lowest BCUT2D eigenvalue weighted by Crippen LogP contribution is -2.66. The highest BCUT2D eigenvalue weighted by atomic mass is 35.5. The van der Waals surface area contributed by atoms with Crippen LogP contribution in [-0.4, -0.2) is 31.5 Å². The molecule has 138 valence electrons. The molecular formula is C14H20Cl3N7O. The Labute approximate surface area is 160 Å². The van der Waals surface area contributed by atoms with E-state index in [9.17, 15) is 4.79 Å². The molecule has 11 heteroatoms. The van der Waals surface area contributed by atoms with Gasteiger partial charge in [-0.25, -0.2) is 0 Å². The van der Waals surface area contributed by atoms with Gasteiger partial charge in [0.1, 0.15) is 29.5 Å². The third-order valence-corrected chi connectivity index (χ3v) is 4.47. The van der Waals surface area contributed by atoms with E-state index in [0.717, 1.165) is 5.56 Å². The average molecular weight is 409 g/mol. The SMILES string of the molecule is CNC(NCc1ccc(Cl)cc1Cl)NC(=O)C1NC(Cl)=C(N)NC1N. The molecule has 0 saturated carbocycles. The predicted molar refractivity (Wildman–Crippen MR) is 99.4 cm³/mol. The van der Waals surface area contributed by atoms with Crippen LogP contribution in [0.5, 0.6) is 0 Å². The Morgan fingerprint density at radius 3 is 2.68 bits per heavy atom. The van der Waals surface area contributed by atoms with Crippen LogP contribution in [-0.2, 0) is 11.3 Å². The van der Waals surface area contributed by atoms with Gasteiger partial charge in [-0.2, -0.15) is 0 Å². The topological polar surface area (TPSA) is 129 Å². The highest BCUT2D eigenvalue weighted by molar-refractivity contribution is 6.35. The molecule has 3 unspecified atom stereocenters. The Morgan fingerprint density at radius 2 is 2.04 bits per heavy atom. The van der Waals surface area contributed by atoms with Crippen LogP contribution < -0.4 is 38.1 Å². The Kier molecular flexibility index (Phi) is 7.00. The number of amides is 1. The van der Waals surface area contributed by atoms with E-state index >= 15 is 0 Å². The minimum atomic E-state index is -0.781. The molecule has 0 radical (unpaired) electrons. The normalized spacial score (nSPS) is 21.3. The second-order valence-electron chi connectivity index (χ2n) is 5.37. The van der Waals surface area contributed by atoms with E-state index in [0.29, 0.717) is 16.6 Å². The Balaban J connectivity index is 1.94. The zero-order valence-electron chi connectivity index (χ0n) is 13.4. The third kappa shape index (κ3) is 5.27. The largest absolute Gasteiger partial charge is 0.383 e. The molecule has 2 rings (SSSR count). The first-order valence-corrected chi connectivity index (χ1v) is 8.54. The number of rotatable bonds is 6. The van der Waals surface area contributed by atoms with E-state index in [1.807, 2.05) is 6.07 Å². The third-order valence-electron chi connectivity index (χ3n) is 3.57. The van der Waals surface area contributed by atoms with Gasteiger partial charge in [-0.1, -0.05) is 40.9 Å². The van der Waals surface area contributed by atoms with E-state index < -0.39 is 18.5 Å². The first kappa shape index (κ1) is 19.9. The van der Waals surface area contributed by atoms with Gasteiger partial charge in [0.25, 0.3) is 0 Å². The fraction of sp³-hybridized carbons (Fsp3) is 0.357. The monoisotopic (exact) mass is 407 g/mol. The predicted octanol–water partition coefficient (Wildman–Crippen LogP) is -0.127. The second kappa shape index (κ2) is 8.79. The van der Waals surface area contributed by atoms with Gasteiger partial charge >= 0.3 is 0 Å². The van der Waals surface area contributed by atoms with E-state index in [2.05, 4.69) is 26.6 Å². The summed E-state index contributed by atoms with van der Waals surface area (Å²) >= 11 is 17.9. The molecule has 0 fully saturated rings. The van der Waals surface area contributed by atoms with Gasteiger partial charge < -0.3 is 27.4 Å². The summed E-state index contributed by atoms with van der Waals surface area (Å²) in [6.45, 7) is 0.414. The summed E-state index contributed by atoms with van der Waals surface area (Å²) in [5.41, 5.74) is 12.3. The summed E-state index contributed by atoms with van der Waals surface area (Å²) in [5.74, 6) is -0.168. The van der Waals surface area contributed by atoms with E-state index in [1.54, 1.807) is 19.2 Å². The molecule has 1 amide bonds. The van der Waals surface area contributed by atoms with E-state index in [-0.39, 0.29) is 16.9 Å². The lowest BCUT2D eigenvalue weighted by Gasteiger charge is -2.32. The van der Waals surface area contributed by atoms with Gasteiger partial charge in [-0.3, -0.25) is 15.4 Å². The van der Waals surface area contributed by atoms with Crippen LogP contribution in [0.1, 0.15) is 5.56 Å². The van der Waals surface area contributed by atoms with Crippen molar-refractivity contribution < 1.29 is 4.79 Å². The van der Waals surface area contributed by atoms with Crippen LogP contribution in [0.25, 0.3) is 0 Å². The van der Waals surface area contributed by atoms with Crippen molar-refractivity contribution in [2.24, 2.45) is 11.5 Å². The highest BCUT2D eigenvalue weighted by Gasteiger charge is 2.31. The summed E-state index contributed by atoms with van der Waals surface area (Å²) in [6, 6.07) is 4.42. The Morgan fingerprint density at radius 1 is 1.32 bits per heavy atom. The molecule has 1 heterocycles. The lowest BCUT2D eigenvalue weighted by atomic mass is 10.2. The first-order valence-electron chi connectivity index (χ1n) is 7.40. The minimum absolute atomic E-state index is 0.142. The fourth-order valence-corrected chi connectivity index (χ4v) is 2.84. The zero-order chi connectivity index (χ0) is 18.6. The number of nitrogens with two attached hydrogens (primary N) is 2. The molecular weight excluding hydrogens is 389 g/mol.